The van der Waals surface area contributed by atoms with Gasteiger partial charge in [0.1, 0.15) is 11.2 Å². The van der Waals surface area contributed by atoms with Gasteiger partial charge < -0.3 is 16.1 Å². The highest BCUT2D eigenvalue weighted by Gasteiger charge is 2.33. The Morgan fingerprint density at radius 2 is 2.11 bits per heavy atom. The standard InChI is InChI=1S/C26H28Cl2N8/c1-26(2,3)14-32-22-15(11-29)12-31-23-19(22)9-16(10-20(23)27)33-24(18-5-4-8-30-25(18)28)21-13-36(35-34-21)17-6-7-17/h4-5,8-10,12-13,17,24,33-35H,6-7,14H2,1-3H3,(H,31,32)/i24D. The lowest BCUT2D eigenvalue weighted by molar-refractivity contribution is 0.260. The van der Waals surface area contributed by atoms with Crippen LogP contribution in [0.4, 0.5) is 11.4 Å². The second-order valence-electron chi connectivity index (χ2n) is 10.2. The van der Waals surface area contributed by atoms with Crippen LogP contribution in [0.1, 0.15) is 52.1 Å². The second kappa shape index (κ2) is 9.66. The van der Waals surface area contributed by atoms with Gasteiger partial charge in [0.05, 0.1) is 34.9 Å². The van der Waals surface area contributed by atoms with E-state index < -0.39 is 6.02 Å². The third-order valence-corrected chi connectivity index (χ3v) is 6.53. The van der Waals surface area contributed by atoms with E-state index in [4.69, 9.17) is 23.2 Å². The van der Waals surface area contributed by atoms with Gasteiger partial charge in [-0.1, -0.05) is 50.0 Å². The number of pyridine rings is 2. The Hall–Kier alpha value is -3.25. The van der Waals surface area contributed by atoms with E-state index in [9.17, 15) is 6.63 Å². The molecule has 2 aromatic heterocycles. The van der Waals surface area contributed by atoms with Crippen molar-refractivity contribution in [1.82, 2.24) is 25.9 Å². The van der Waals surface area contributed by atoms with Crippen LogP contribution in [-0.4, -0.2) is 27.6 Å². The number of halogens is 2. The molecular weight excluding hydrogens is 495 g/mol. The molecule has 1 atom stereocenters. The van der Waals surface area contributed by atoms with Gasteiger partial charge in [0.15, 0.2) is 0 Å². The van der Waals surface area contributed by atoms with Gasteiger partial charge in [0.2, 0.25) is 0 Å². The third kappa shape index (κ3) is 5.14. The zero-order valence-electron chi connectivity index (χ0n) is 21.3. The lowest BCUT2D eigenvalue weighted by atomic mass is 9.96. The minimum atomic E-state index is -1.53. The van der Waals surface area contributed by atoms with E-state index in [2.05, 4.69) is 58.4 Å². The molecule has 0 amide bonds. The van der Waals surface area contributed by atoms with Crippen molar-refractivity contribution in [3.8, 4) is 6.07 Å². The largest absolute Gasteiger partial charge is 0.383 e. The highest BCUT2D eigenvalue weighted by molar-refractivity contribution is 6.36. The number of hydrogen-bond acceptors (Lipinski definition) is 8. The monoisotopic (exact) mass is 523 g/mol. The third-order valence-electron chi connectivity index (χ3n) is 5.94. The number of nitrogens with zero attached hydrogens (tertiary/aromatic N) is 4. The van der Waals surface area contributed by atoms with Crippen molar-refractivity contribution in [3.05, 3.63) is 69.9 Å². The van der Waals surface area contributed by atoms with E-state index in [1.54, 1.807) is 24.4 Å². The highest BCUT2D eigenvalue weighted by atomic mass is 35.5. The Balaban J connectivity index is 1.61. The first-order valence-corrected chi connectivity index (χ1v) is 12.5. The molecule has 1 aromatic carbocycles. The van der Waals surface area contributed by atoms with Gasteiger partial charge in [-0.3, -0.25) is 9.99 Å². The number of aromatic nitrogens is 2. The lowest BCUT2D eigenvalue weighted by Crippen LogP contribution is -2.38. The molecular formula is C26H28Cl2N8. The van der Waals surface area contributed by atoms with Crippen LogP contribution >= 0.6 is 23.2 Å². The summed E-state index contributed by atoms with van der Waals surface area (Å²) in [7, 11) is 0. The maximum atomic E-state index is 9.77. The van der Waals surface area contributed by atoms with Crippen molar-refractivity contribution < 1.29 is 1.37 Å². The molecule has 10 heteroatoms. The fraction of sp³-hybridized carbons (Fsp3) is 0.346. The maximum Gasteiger partial charge on any atom is 0.134 e. The number of fused-ring (bicyclic) bond motifs is 1. The molecule has 3 aromatic rings. The summed E-state index contributed by atoms with van der Waals surface area (Å²) < 4.78 is 9.60. The summed E-state index contributed by atoms with van der Waals surface area (Å²) in [5.74, 6) is 0. The maximum absolute atomic E-state index is 9.77. The SMILES string of the molecule is [2H]C(Nc1cc(Cl)c2ncc(C#N)c(NCC(C)(C)C)c2c1)(C1=CN(C2CC2)NN1)c1cccnc1Cl. The summed E-state index contributed by atoms with van der Waals surface area (Å²) >= 11 is 13.2. The molecule has 0 saturated heterocycles. The van der Waals surface area contributed by atoms with Crippen LogP contribution < -0.4 is 21.6 Å². The molecule has 5 rings (SSSR count). The molecule has 1 fully saturated rings. The molecule has 0 spiro atoms. The summed E-state index contributed by atoms with van der Waals surface area (Å²) in [5, 5.41) is 19.8. The molecule has 0 bridgehead atoms. The van der Waals surface area contributed by atoms with Crippen LogP contribution in [0.3, 0.4) is 0 Å². The molecule has 1 aliphatic heterocycles. The van der Waals surface area contributed by atoms with Gasteiger partial charge in [-0.15, -0.1) is 5.53 Å². The number of nitriles is 1. The van der Waals surface area contributed by atoms with E-state index in [0.29, 0.717) is 56.7 Å². The first-order valence-electron chi connectivity index (χ1n) is 12.3. The van der Waals surface area contributed by atoms with Crippen LogP contribution in [0.15, 0.2) is 48.6 Å². The molecule has 1 saturated carbocycles. The van der Waals surface area contributed by atoms with Crippen LogP contribution in [-0.2, 0) is 0 Å². The fourth-order valence-electron chi connectivity index (χ4n) is 3.96. The molecule has 4 N–H and O–H groups in total. The molecule has 1 aliphatic carbocycles. The number of rotatable bonds is 7. The first-order chi connectivity index (χ1) is 17.6. The van der Waals surface area contributed by atoms with E-state index in [1.807, 2.05) is 17.3 Å². The predicted octanol–water partition coefficient (Wildman–Crippen LogP) is 5.75. The second-order valence-corrected chi connectivity index (χ2v) is 11.0. The normalized spacial score (nSPS) is 17.6. The molecule has 0 radical (unpaired) electrons. The van der Waals surface area contributed by atoms with Gasteiger partial charge in [-0.2, -0.15) is 5.26 Å². The average molecular weight is 524 g/mol. The Kier molecular flexibility index (Phi) is 6.22. The number of nitrogens with one attached hydrogen (secondary N) is 4. The number of hydrazine groups is 2. The molecule has 36 heavy (non-hydrogen) atoms. The summed E-state index contributed by atoms with van der Waals surface area (Å²) in [4.78, 5) is 8.65. The molecule has 8 nitrogen and oxygen atoms in total. The zero-order valence-corrected chi connectivity index (χ0v) is 21.8. The van der Waals surface area contributed by atoms with E-state index in [1.165, 1.54) is 6.20 Å². The average Bonchev–Trinajstić information content (AvgIpc) is 3.57. The van der Waals surface area contributed by atoms with E-state index in [-0.39, 0.29) is 10.6 Å². The molecule has 2 aliphatic rings. The smallest absolute Gasteiger partial charge is 0.134 e. The van der Waals surface area contributed by atoms with Gasteiger partial charge in [-0.25, -0.2) is 4.98 Å². The highest BCUT2D eigenvalue weighted by Crippen LogP contribution is 2.37. The zero-order chi connectivity index (χ0) is 26.4. The molecule has 1 unspecified atom stereocenters. The minimum absolute atomic E-state index is 0.0174. The first kappa shape index (κ1) is 23.2. The number of hydrogen-bond donors (Lipinski definition) is 4. The summed E-state index contributed by atoms with van der Waals surface area (Å²) in [5.41, 5.74) is 9.48. The van der Waals surface area contributed by atoms with Crippen molar-refractivity contribution >= 4 is 45.5 Å². The van der Waals surface area contributed by atoms with Gasteiger partial charge >= 0.3 is 0 Å². The Labute approximate surface area is 222 Å². The predicted molar refractivity (Wildman–Crippen MR) is 144 cm³/mol. The summed E-state index contributed by atoms with van der Waals surface area (Å²) in [6.45, 7) is 6.98. The molecule has 186 valence electrons. The topological polar surface area (TPSA) is 101 Å². The van der Waals surface area contributed by atoms with Crippen LogP contribution in [0, 0.1) is 16.7 Å². The van der Waals surface area contributed by atoms with E-state index in [0.717, 1.165) is 12.8 Å². The van der Waals surface area contributed by atoms with Crippen molar-refractivity contribution in [1.29, 1.82) is 5.26 Å². The van der Waals surface area contributed by atoms with Gasteiger partial charge in [-0.05, 0) is 36.5 Å². The van der Waals surface area contributed by atoms with Crippen LogP contribution in [0.2, 0.25) is 10.2 Å². The van der Waals surface area contributed by atoms with Crippen molar-refractivity contribution in [2.45, 2.75) is 45.7 Å². The van der Waals surface area contributed by atoms with Crippen LogP contribution in [0.25, 0.3) is 10.9 Å². The Morgan fingerprint density at radius 1 is 1.31 bits per heavy atom. The van der Waals surface area contributed by atoms with E-state index >= 15 is 0 Å². The van der Waals surface area contributed by atoms with Crippen LogP contribution in [0.5, 0.6) is 0 Å². The molecule has 3 heterocycles. The van der Waals surface area contributed by atoms with Crippen molar-refractivity contribution in [2.75, 3.05) is 17.2 Å². The Morgan fingerprint density at radius 3 is 2.81 bits per heavy atom. The Bertz CT molecular complexity index is 1430. The van der Waals surface area contributed by atoms with Crippen molar-refractivity contribution in [2.24, 2.45) is 5.41 Å². The fourth-order valence-corrected chi connectivity index (χ4v) is 4.44. The number of anilines is 2. The van der Waals surface area contributed by atoms with Gasteiger partial charge in [0.25, 0.3) is 0 Å². The summed E-state index contributed by atoms with van der Waals surface area (Å²) in [6, 6.07) is 8.19. The quantitative estimate of drug-likeness (QED) is 0.290. The van der Waals surface area contributed by atoms with Gasteiger partial charge in [0, 0.05) is 47.8 Å². The minimum Gasteiger partial charge on any atom is -0.383 e. The lowest BCUT2D eigenvalue weighted by Gasteiger charge is -2.23. The number of benzene rings is 1. The summed E-state index contributed by atoms with van der Waals surface area (Å²) in [6.07, 6.45) is 7.18. The van der Waals surface area contributed by atoms with Crippen molar-refractivity contribution in [3.63, 3.8) is 0 Å².